The maximum absolute atomic E-state index is 11.3. The predicted octanol–water partition coefficient (Wildman–Crippen LogP) is 2.63. The topological polar surface area (TPSA) is 55.1 Å². The van der Waals surface area contributed by atoms with Crippen molar-refractivity contribution >= 4 is 23.2 Å². The summed E-state index contributed by atoms with van der Waals surface area (Å²) in [7, 11) is 0. The molecule has 2 rings (SSSR count). The van der Waals surface area contributed by atoms with E-state index in [1.807, 2.05) is 13.0 Å². The van der Waals surface area contributed by atoms with Crippen LogP contribution in [0.5, 0.6) is 0 Å². The molecule has 0 bridgehead atoms. The summed E-state index contributed by atoms with van der Waals surface area (Å²) in [4.78, 5) is 11.3. The van der Waals surface area contributed by atoms with Crippen LogP contribution in [0.3, 0.4) is 0 Å². The Morgan fingerprint density at radius 1 is 1.50 bits per heavy atom. The summed E-state index contributed by atoms with van der Waals surface area (Å²) in [6.07, 6.45) is 2.14. The van der Waals surface area contributed by atoms with E-state index in [0.717, 1.165) is 29.7 Å². The largest absolute Gasteiger partial charge is 0.325 e. The fraction of sp³-hybridized carbons (Fsp3) is 0.417. The van der Waals surface area contributed by atoms with Crippen LogP contribution in [0, 0.1) is 0 Å². The lowest BCUT2D eigenvalue weighted by molar-refractivity contribution is -0.116. The molecule has 3 N–H and O–H groups in total. The minimum Gasteiger partial charge on any atom is -0.325 e. The number of fused-ring (bicyclic) bond motifs is 1. The summed E-state index contributed by atoms with van der Waals surface area (Å²) < 4.78 is 0. The number of amides is 1. The predicted molar refractivity (Wildman–Crippen MR) is 65.6 cm³/mol. The van der Waals surface area contributed by atoms with Crippen LogP contribution < -0.4 is 11.1 Å². The molecule has 1 atom stereocenters. The number of anilines is 1. The van der Waals surface area contributed by atoms with Gasteiger partial charge in [0.2, 0.25) is 5.91 Å². The molecular weight excluding hydrogens is 224 g/mol. The van der Waals surface area contributed by atoms with Gasteiger partial charge in [-0.3, -0.25) is 4.79 Å². The number of halogens is 1. The zero-order valence-corrected chi connectivity index (χ0v) is 9.97. The Morgan fingerprint density at radius 2 is 2.25 bits per heavy atom. The second kappa shape index (κ2) is 4.44. The smallest absolute Gasteiger partial charge is 0.224 e. The quantitative estimate of drug-likeness (QED) is 0.832. The molecule has 1 aliphatic rings. The van der Waals surface area contributed by atoms with E-state index in [2.05, 4.69) is 11.4 Å². The van der Waals surface area contributed by atoms with Gasteiger partial charge in [-0.25, -0.2) is 0 Å². The summed E-state index contributed by atoms with van der Waals surface area (Å²) in [5.74, 6) is 0.0296. The van der Waals surface area contributed by atoms with Crippen molar-refractivity contribution in [2.45, 2.75) is 32.2 Å². The Balaban J connectivity index is 2.42. The summed E-state index contributed by atoms with van der Waals surface area (Å²) in [6, 6.07) is 3.91. The molecule has 0 aliphatic carbocycles. The molecule has 4 heteroatoms. The molecule has 1 aromatic carbocycles. The Labute approximate surface area is 100.0 Å². The summed E-state index contributed by atoms with van der Waals surface area (Å²) >= 11 is 6.14. The first-order valence-corrected chi connectivity index (χ1v) is 5.87. The van der Waals surface area contributed by atoms with Crippen LogP contribution in [0.25, 0.3) is 0 Å². The molecule has 1 amide bonds. The Kier molecular flexibility index (Phi) is 3.17. The van der Waals surface area contributed by atoms with Crippen LogP contribution in [-0.4, -0.2) is 5.91 Å². The van der Waals surface area contributed by atoms with Gasteiger partial charge in [-0.15, -0.1) is 0 Å². The molecule has 1 unspecified atom stereocenters. The third-order valence-electron chi connectivity index (χ3n) is 2.95. The van der Waals surface area contributed by atoms with Crippen LogP contribution in [0.1, 0.15) is 36.9 Å². The number of nitrogens with one attached hydrogen (secondary N) is 1. The third kappa shape index (κ3) is 2.06. The van der Waals surface area contributed by atoms with Gasteiger partial charge in [0.1, 0.15) is 0 Å². The Morgan fingerprint density at radius 3 is 2.94 bits per heavy atom. The second-order valence-electron chi connectivity index (χ2n) is 4.10. The zero-order valence-electron chi connectivity index (χ0n) is 9.22. The third-order valence-corrected chi connectivity index (χ3v) is 3.25. The van der Waals surface area contributed by atoms with Crippen molar-refractivity contribution in [1.29, 1.82) is 0 Å². The number of hydrogen-bond donors (Lipinski definition) is 2. The van der Waals surface area contributed by atoms with Gasteiger partial charge in [-0.05, 0) is 30.0 Å². The molecule has 1 aliphatic heterocycles. The number of benzene rings is 1. The number of rotatable bonds is 2. The van der Waals surface area contributed by atoms with Crippen LogP contribution in [0.4, 0.5) is 5.69 Å². The molecule has 0 radical (unpaired) electrons. The molecule has 0 fully saturated rings. The highest BCUT2D eigenvalue weighted by Crippen LogP contribution is 2.33. The second-order valence-corrected chi connectivity index (χ2v) is 4.51. The fourth-order valence-electron chi connectivity index (χ4n) is 1.92. The van der Waals surface area contributed by atoms with Gasteiger partial charge < -0.3 is 11.1 Å². The molecule has 1 heterocycles. The van der Waals surface area contributed by atoms with E-state index in [0.29, 0.717) is 11.4 Å². The summed E-state index contributed by atoms with van der Waals surface area (Å²) in [5, 5.41) is 3.39. The number of aryl methyl sites for hydroxylation is 1. The lowest BCUT2D eigenvalue weighted by Crippen LogP contribution is -2.20. The number of nitrogens with two attached hydrogens (primary N) is 1. The standard InChI is InChI=1S/C12H15ClN2O/c1-2-10(14)8-5-7-3-4-11(16)15-12(7)9(13)6-8/h5-6,10H,2-4,14H2,1H3,(H,15,16). The summed E-state index contributed by atoms with van der Waals surface area (Å²) in [5.41, 5.74) is 8.86. The van der Waals surface area contributed by atoms with Crippen LogP contribution in [0.15, 0.2) is 12.1 Å². The van der Waals surface area contributed by atoms with Crippen molar-refractivity contribution in [2.24, 2.45) is 5.73 Å². The average Bonchev–Trinajstić information content (AvgIpc) is 2.28. The highest BCUT2D eigenvalue weighted by molar-refractivity contribution is 6.34. The van der Waals surface area contributed by atoms with Gasteiger partial charge in [0.25, 0.3) is 0 Å². The van der Waals surface area contributed by atoms with Crippen LogP contribution in [0.2, 0.25) is 5.02 Å². The molecular formula is C12H15ClN2O. The van der Waals surface area contributed by atoms with Gasteiger partial charge in [-0.1, -0.05) is 24.6 Å². The number of hydrogen-bond acceptors (Lipinski definition) is 2. The first kappa shape index (κ1) is 11.4. The molecule has 0 saturated heterocycles. The van der Waals surface area contributed by atoms with E-state index in [1.54, 1.807) is 0 Å². The van der Waals surface area contributed by atoms with E-state index < -0.39 is 0 Å². The number of carbonyl (C=O) groups is 1. The molecule has 1 aromatic rings. The minimum atomic E-state index is 0.0143. The van der Waals surface area contributed by atoms with Gasteiger partial charge >= 0.3 is 0 Å². The van der Waals surface area contributed by atoms with Crippen molar-refractivity contribution < 1.29 is 4.79 Å². The molecule has 0 spiro atoms. The highest BCUT2D eigenvalue weighted by atomic mass is 35.5. The zero-order chi connectivity index (χ0) is 11.7. The van der Waals surface area contributed by atoms with Gasteiger partial charge in [0, 0.05) is 12.5 Å². The van der Waals surface area contributed by atoms with E-state index in [1.165, 1.54) is 0 Å². The fourth-order valence-corrected chi connectivity index (χ4v) is 2.22. The first-order chi connectivity index (χ1) is 7.61. The average molecular weight is 239 g/mol. The van der Waals surface area contributed by atoms with Crippen molar-refractivity contribution in [1.82, 2.24) is 0 Å². The maximum Gasteiger partial charge on any atom is 0.224 e. The van der Waals surface area contributed by atoms with Crippen LogP contribution >= 0.6 is 11.6 Å². The van der Waals surface area contributed by atoms with E-state index >= 15 is 0 Å². The lowest BCUT2D eigenvalue weighted by Gasteiger charge is -2.20. The van der Waals surface area contributed by atoms with E-state index in [4.69, 9.17) is 17.3 Å². The monoisotopic (exact) mass is 238 g/mol. The van der Waals surface area contributed by atoms with Crippen molar-refractivity contribution in [3.8, 4) is 0 Å². The maximum atomic E-state index is 11.3. The summed E-state index contributed by atoms with van der Waals surface area (Å²) in [6.45, 7) is 2.04. The SMILES string of the molecule is CCC(N)c1cc(Cl)c2c(c1)CCC(=O)N2. The lowest BCUT2D eigenvalue weighted by atomic mass is 9.96. The Hall–Kier alpha value is -1.06. The molecule has 16 heavy (non-hydrogen) atoms. The number of carbonyl (C=O) groups excluding carboxylic acids is 1. The Bertz CT molecular complexity index is 431. The minimum absolute atomic E-state index is 0.0143. The van der Waals surface area contributed by atoms with Crippen LogP contribution in [-0.2, 0) is 11.2 Å². The normalized spacial score (nSPS) is 16.6. The van der Waals surface area contributed by atoms with Crippen molar-refractivity contribution in [3.05, 3.63) is 28.3 Å². The van der Waals surface area contributed by atoms with Gasteiger partial charge in [0.15, 0.2) is 0 Å². The molecule has 86 valence electrons. The highest BCUT2D eigenvalue weighted by Gasteiger charge is 2.19. The van der Waals surface area contributed by atoms with Crippen molar-refractivity contribution in [3.63, 3.8) is 0 Å². The molecule has 0 saturated carbocycles. The van der Waals surface area contributed by atoms with Gasteiger partial charge in [0.05, 0.1) is 10.7 Å². The molecule has 3 nitrogen and oxygen atoms in total. The van der Waals surface area contributed by atoms with E-state index in [-0.39, 0.29) is 11.9 Å². The first-order valence-electron chi connectivity index (χ1n) is 5.49. The van der Waals surface area contributed by atoms with E-state index in [9.17, 15) is 4.79 Å². The molecule has 0 aromatic heterocycles. The van der Waals surface area contributed by atoms with Gasteiger partial charge in [-0.2, -0.15) is 0 Å². The van der Waals surface area contributed by atoms with Crippen molar-refractivity contribution in [2.75, 3.05) is 5.32 Å².